The quantitative estimate of drug-likeness (QED) is 0.487. The van der Waals surface area contributed by atoms with Gasteiger partial charge in [-0.1, -0.05) is 0 Å². The molecule has 0 bridgehead atoms. The van der Waals surface area contributed by atoms with E-state index >= 15 is 0 Å². The molecule has 0 saturated carbocycles. The van der Waals surface area contributed by atoms with Crippen molar-refractivity contribution in [3.63, 3.8) is 0 Å². The zero-order valence-electron chi connectivity index (χ0n) is 10.2. The largest absolute Gasteiger partial charge is 0.307 e. The summed E-state index contributed by atoms with van der Waals surface area (Å²) in [6, 6.07) is 8.52. The topological polar surface area (TPSA) is 82.2 Å². The summed E-state index contributed by atoms with van der Waals surface area (Å²) in [4.78, 5) is 33.8. The Bertz CT molecular complexity index is 722. The molecule has 0 fully saturated rings. The minimum absolute atomic E-state index is 0.0822. The molecule has 1 heterocycles. The molecule has 0 aliphatic carbocycles. The summed E-state index contributed by atoms with van der Waals surface area (Å²) >= 11 is 3.10. The SMILES string of the molecule is O=C(Cn1cccc(Br)c1=O)c1ccc([N+](=O)[O-])cc1. The van der Waals surface area contributed by atoms with Gasteiger partial charge in [0.05, 0.1) is 15.9 Å². The molecule has 20 heavy (non-hydrogen) atoms. The molecule has 1 aromatic heterocycles. The molecule has 0 atom stereocenters. The maximum atomic E-state index is 12.0. The third-order valence-corrected chi connectivity index (χ3v) is 3.29. The lowest BCUT2D eigenvalue weighted by atomic mass is 10.1. The highest BCUT2D eigenvalue weighted by atomic mass is 79.9. The number of non-ortho nitro benzene ring substituents is 1. The first-order valence-corrected chi connectivity index (χ1v) is 6.41. The van der Waals surface area contributed by atoms with Gasteiger partial charge in [-0.15, -0.1) is 0 Å². The van der Waals surface area contributed by atoms with E-state index in [4.69, 9.17) is 0 Å². The van der Waals surface area contributed by atoms with Crippen molar-refractivity contribution in [1.29, 1.82) is 0 Å². The summed E-state index contributed by atoms with van der Waals surface area (Å²) in [7, 11) is 0. The Hall–Kier alpha value is -2.28. The van der Waals surface area contributed by atoms with Crippen LogP contribution in [0.2, 0.25) is 0 Å². The fourth-order valence-electron chi connectivity index (χ4n) is 1.65. The highest BCUT2D eigenvalue weighted by Gasteiger charge is 2.11. The van der Waals surface area contributed by atoms with Gasteiger partial charge in [0.2, 0.25) is 0 Å². The van der Waals surface area contributed by atoms with Crippen molar-refractivity contribution in [3.8, 4) is 0 Å². The number of carbonyl (C=O) groups excluding carboxylic acids is 1. The molecule has 0 saturated heterocycles. The highest BCUT2D eigenvalue weighted by Crippen LogP contribution is 2.12. The van der Waals surface area contributed by atoms with Crippen LogP contribution < -0.4 is 5.56 Å². The van der Waals surface area contributed by atoms with Crippen molar-refractivity contribution in [3.05, 3.63) is 73.1 Å². The molecule has 0 spiro atoms. The van der Waals surface area contributed by atoms with E-state index in [0.29, 0.717) is 10.0 Å². The molecular weight excluding hydrogens is 328 g/mol. The van der Waals surface area contributed by atoms with Crippen molar-refractivity contribution in [2.45, 2.75) is 6.54 Å². The number of carbonyl (C=O) groups is 1. The number of nitro benzene ring substituents is 1. The van der Waals surface area contributed by atoms with Gasteiger partial charge in [0.25, 0.3) is 11.2 Å². The predicted octanol–water partition coefficient (Wildman–Crippen LogP) is 2.40. The van der Waals surface area contributed by atoms with Crippen LogP contribution in [-0.2, 0) is 6.54 Å². The number of rotatable bonds is 4. The van der Waals surface area contributed by atoms with Crippen LogP contribution in [0.5, 0.6) is 0 Å². The second kappa shape index (κ2) is 5.79. The minimum Gasteiger partial charge on any atom is -0.307 e. The lowest BCUT2D eigenvalue weighted by Crippen LogP contribution is -2.23. The molecule has 7 heteroatoms. The van der Waals surface area contributed by atoms with Gasteiger partial charge in [0.15, 0.2) is 5.78 Å². The zero-order valence-corrected chi connectivity index (χ0v) is 11.7. The molecule has 1 aromatic carbocycles. The smallest absolute Gasteiger partial charge is 0.269 e. The van der Waals surface area contributed by atoms with Crippen LogP contribution in [-0.4, -0.2) is 15.3 Å². The van der Waals surface area contributed by atoms with Crippen LogP contribution >= 0.6 is 15.9 Å². The monoisotopic (exact) mass is 336 g/mol. The summed E-state index contributed by atoms with van der Waals surface area (Å²) in [5.74, 6) is -0.292. The Morgan fingerprint density at radius 2 is 1.90 bits per heavy atom. The van der Waals surface area contributed by atoms with Gasteiger partial charge in [-0.05, 0) is 40.2 Å². The van der Waals surface area contributed by atoms with Crippen LogP contribution in [0.25, 0.3) is 0 Å². The standard InChI is InChI=1S/C13H9BrN2O4/c14-11-2-1-7-15(13(11)18)8-12(17)9-3-5-10(6-4-9)16(19)20/h1-7H,8H2. The van der Waals surface area contributed by atoms with Crippen LogP contribution in [0.3, 0.4) is 0 Å². The Morgan fingerprint density at radius 3 is 2.50 bits per heavy atom. The van der Waals surface area contributed by atoms with Gasteiger partial charge in [-0.3, -0.25) is 19.7 Å². The fraction of sp³-hybridized carbons (Fsp3) is 0.0769. The molecule has 0 amide bonds. The molecule has 6 nitrogen and oxygen atoms in total. The average molecular weight is 337 g/mol. The van der Waals surface area contributed by atoms with Crippen LogP contribution in [0.1, 0.15) is 10.4 Å². The fourth-order valence-corrected chi connectivity index (χ4v) is 2.03. The second-order valence-electron chi connectivity index (χ2n) is 4.02. The van der Waals surface area contributed by atoms with E-state index in [-0.39, 0.29) is 23.6 Å². The number of nitro groups is 1. The van der Waals surface area contributed by atoms with Gasteiger partial charge < -0.3 is 4.57 Å². The van der Waals surface area contributed by atoms with E-state index in [1.165, 1.54) is 35.0 Å². The van der Waals surface area contributed by atoms with Crippen molar-refractivity contribution in [2.75, 3.05) is 0 Å². The first-order chi connectivity index (χ1) is 9.49. The second-order valence-corrected chi connectivity index (χ2v) is 4.87. The lowest BCUT2D eigenvalue weighted by Gasteiger charge is -2.05. The summed E-state index contributed by atoms with van der Waals surface area (Å²) in [6.07, 6.45) is 1.51. The van der Waals surface area contributed by atoms with E-state index in [1.807, 2.05) is 0 Å². The Morgan fingerprint density at radius 1 is 1.25 bits per heavy atom. The summed E-state index contributed by atoms with van der Waals surface area (Å²) in [5, 5.41) is 10.5. The van der Waals surface area contributed by atoms with E-state index in [0.717, 1.165) is 0 Å². The minimum atomic E-state index is -0.535. The van der Waals surface area contributed by atoms with Crippen molar-refractivity contribution in [2.24, 2.45) is 0 Å². The molecule has 0 N–H and O–H groups in total. The normalized spacial score (nSPS) is 10.2. The highest BCUT2D eigenvalue weighted by molar-refractivity contribution is 9.10. The first-order valence-electron chi connectivity index (χ1n) is 5.61. The molecule has 0 unspecified atom stereocenters. The van der Waals surface area contributed by atoms with Gasteiger partial charge in [0.1, 0.15) is 0 Å². The number of nitrogens with zero attached hydrogens (tertiary/aromatic N) is 2. The van der Waals surface area contributed by atoms with E-state index in [2.05, 4.69) is 15.9 Å². The third-order valence-electron chi connectivity index (χ3n) is 2.69. The Balaban J connectivity index is 2.22. The number of benzene rings is 1. The molecule has 0 aliphatic heterocycles. The Labute approximate surface area is 121 Å². The molecule has 2 rings (SSSR count). The molecule has 0 aliphatic rings. The van der Waals surface area contributed by atoms with E-state index < -0.39 is 4.92 Å². The van der Waals surface area contributed by atoms with Crippen LogP contribution in [0.15, 0.2) is 51.9 Å². The number of pyridine rings is 1. The number of ketones is 1. The van der Waals surface area contributed by atoms with Crippen molar-refractivity contribution >= 4 is 27.4 Å². The number of hydrogen-bond acceptors (Lipinski definition) is 4. The molecular formula is C13H9BrN2O4. The number of halogens is 1. The third kappa shape index (κ3) is 3.00. The maximum Gasteiger partial charge on any atom is 0.269 e. The molecule has 2 aromatic rings. The molecule has 102 valence electrons. The lowest BCUT2D eigenvalue weighted by molar-refractivity contribution is -0.384. The van der Waals surface area contributed by atoms with Gasteiger partial charge in [0, 0.05) is 23.9 Å². The van der Waals surface area contributed by atoms with E-state index in [9.17, 15) is 19.7 Å². The molecule has 0 radical (unpaired) electrons. The first kappa shape index (κ1) is 14.1. The Kier molecular flexibility index (Phi) is 4.09. The van der Waals surface area contributed by atoms with E-state index in [1.54, 1.807) is 12.1 Å². The zero-order chi connectivity index (χ0) is 14.7. The average Bonchev–Trinajstić information content (AvgIpc) is 2.44. The van der Waals surface area contributed by atoms with Crippen LogP contribution in [0.4, 0.5) is 5.69 Å². The predicted molar refractivity (Wildman–Crippen MR) is 75.8 cm³/mol. The van der Waals surface area contributed by atoms with Gasteiger partial charge in [-0.2, -0.15) is 0 Å². The number of aromatic nitrogens is 1. The number of hydrogen-bond donors (Lipinski definition) is 0. The maximum absolute atomic E-state index is 12.0. The van der Waals surface area contributed by atoms with Gasteiger partial charge >= 0.3 is 0 Å². The summed E-state index contributed by atoms with van der Waals surface area (Å²) in [5.41, 5.74) is -0.0635. The van der Waals surface area contributed by atoms with Crippen molar-refractivity contribution in [1.82, 2.24) is 4.57 Å². The summed E-state index contributed by atoms with van der Waals surface area (Å²) in [6.45, 7) is -0.115. The van der Waals surface area contributed by atoms with Crippen LogP contribution in [0, 0.1) is 10.1 Å². The summed E-state index contributed by atoms with van der Waals surface area (Å²) < 4.78 is 1.64. The van der Waals surface area contributed by atoms with Crippen molar-refractivity contribution < 1.29 is 9.72 Å². The van der Waals surface area contributed by atoms with Gasteiger partial charge in [-0.25, -0.2) is 0 Å². The number of Topliss-reactive ketones (excluding diaryl/α,β-unsaturated/α-hetero) is 1.